The second-order valence-corrected chi connectivity index (χ2v) is 19.3. The maximum absolute atomic E-state index is 14.7. The number of aromatic nitrogens is 4. The first-order valence-electron chi connectivity index (χ1n) is 24.5. The molecule has 8 atom stereocenters. The number of H-pyrrole nitrogens is 2. The molecule has 0 bridgehead atoms. The molecule has 11 rings (SSSR count). The van der Waals surface area contributed by atoms with Crippen molar-refractivity contribution in [1.82, 2.24) is 35.1 Å². The van der Waals surface area contributed by atoms with Crippen molar-refractivity contribution in [2.75, 3.05) is 14.2 Å². The highest BCUT2D eigenvalue weighted by Crippen LogP contribution is 2.49. The van der Waals surface area contributed by atoms with Gasteiger partial charge in [0.05, 0.1) is 50.1 Å². The van der Waals surface area contributed by atoms with Crippen LogP contribution in [0.4, 0.5) is 4.79 Å². The molecule has 0 unspecified atom stereocenters. The molecule has 14 nitrogen and oxygen atoms in total. The number of aliphatic imine (C=N–C) groups is 1. The van der Waals surface area contributed by atoms with E-state index in [2.05, 4.69) is 61.6 Å². The Balaban J connectivity index is 0.827. The zero-order valence-electron chi connectivity index (χ0n) is 39.1. The van der Waals surface area contributed by atoms with Crippen LogP contribution in [0.5, 0.6) is 0 Å². The monoisotopic (exact) mass is 926 g/mol. The quantitative estimate of drug-likeness (QED) is 0.0471. The Bertz CT molecular complexity index is 2860. The Kier molecular flexibility index (Phi) is 12.3. The van der Waals surface area contributed by atoms with Crippen LogP contribution in [0.3, 0.4) is 0 Å². The van der Waals surface area contributed by atoms with Crippen molar-refractivity contribution in [3.05, 3.63) is 143 Å². The van der Waals surface area contributed by atoms with E-state index in [-0.39, 0.29) is 36.0 Å². The number of imidazole rings is 2. The molecular weight excluding hydrogens is 869 g/mol. The minimum atomic E-state index is -0.885. The van der Waals surface area contributed by atoms with Crippen molar-refractivity contribution >= 4 is 24.3 Å². The van der Waals surface area contributed by atoms with Gasteiger partial charge in [-0.05, 0) is 113 Å². The number of rotatable bonds is 12. The minimum Gasteiger partial charge on any atom is -0.453 e. The van der Waals surface area contributed by atoms with E-state index in [1.807, 2.05) is 78.0 Å². The summed E-state index contributed by atoms with van der Waals surface area (Å²) in [6, 6.07) is 30.3. The average molecular weight is 927 g/mol. The van der Waals surface area contributed by atoms with E-state index in [9.17, 15) is 14.4 Å². The van der Waals surface area contributed by atoms with Gasteiger partial charge in [0.25, 0.3) is 11.8 Å². The molecule has 0 spiro atoms. The Morgan fingerprint density at radius 3 is 1.74 bits per heavy atom. The fourth-order valence-electron chi connectivity index (χ4n) is 12.3. The van der Waals surface area contributed by atoms with E-state index < -0.39 is 18.2 Å². The SMILES string of the molecule is COOC=N[C@H](C(=O)N1[C@@H]2CCCC[C@@H]2C[C@H]1c1ncc(-c2ccc3c(c2)Cc2cc(-c4cnc([C@@H]5C[C@H]6CCCC[C@H]6N5C(=O)[C@H](NC(=O)OC)c5ccccc5)[nH]4)ccc2-3)[nH]1)c1ccccc1. The highest BCUT2D eigenvalue weighted by Gasteiger charge is 2.49. The zero-order chi connectivity index (χ0) is 47.0. The predicted octanol–water partition coefficient (Wildman–Crippen LogP) is 10.1. The molecule has 4 fully saturated rings. The summed E-state index contributed by atoms with van der Waals surface area (Å²) in [5, 5.41) is 2.83. The van der Waals surface area contributed by atoms with Gasteiger partial charge in [0.15, 0.2) is 6.04 Å². The van der Waals surface area contributed by atoms with Crippen LogP contribution in [0.1, 0.15) is 122 Å². The van der Waals surface area contributed by atoms with E-state index in [0.717, 1.165) is 104 Å². The highest BCUT2D eigenvalue weighted by molar-refractivity contribution is 5.88. The van der Waals surface area contributed by atoms with Gasteiger partial charge in [-0.25, -0.2) is 19.8 Å². The number of amides is 3. The summed E-state index contributed by atoms with van der Waals surface area (Å²) in [7, 11) is 2.73. The van der Waals surface area contributed by atoms with Gasteiger partial charge < -0.3 is 34.7 Å². The van der Waals surface area contributed by atoms with Crippen LogP contribution in [-0.4, -0.2) is 80.3 Å². The number of carbonyl (C=O) groups excluding carboxylic acids is 3. The Hall–Kier alpha value is -7.06. The molecular formula is C55H58N8O6. The molecule has 2 saturated heterocycles. The largest absolute Gasteiger partial charge is 0.453 e. The van der Waals surface area contributed by atoms with Crippen molar-refractivity contribution in [2.45, 2.75) is 107 Å². The van der Waals surface area contributed by atoms with E-state index in [0.29, 0.717) is 17.4 Å². The maximum Gasteiger partial charge on any atom is 0.407 e. The van der Waals surface area contributed by atoms with Gasteiger partial charge in [-0.1, -0.05) is 111 Å². The van der Waals surface area contributed by atoms with Crippen LogP contribution < -0.4 is 5.32 Å². The third kappa shape index (κ3) is 8.49. The highest BCUT2D eigenvalue weighted by atomic mass is 17.2. The number of hydrogen-bond acceptors (Lipinski definition) is 9. The number of likely N-dealkylation sites (tertiary alicyclic amines) is 2. The molecule has 3 N–H and O–H groups in total. The number of aromatic amines is 2. The molecule has 5 aliphatic rings. The molecule has 3 amide bonds. The lowest BCUT2D eigenvalue weighted by molar-refractivity contribution is -0.188. The third-order valence-electron chi connectivity index (χ3n) is 15.5. The van der Waals surface area contributed by atoms with Gasteiger partial charge >= 0.3 is 6.09 Å². The first-order valence-corrected chi connectivity index (χ1v) is 24.5. The molecule has 2 aromatic heterocycles. The minimum absolute atomic E-state index is 0.0640. The van der Waals surface area contributed by atoms with Gasteiger partial charge in [0.2, 0.25) is 6.40 Å². The van der Waals surface area contributed by atoms with Crippen LogP contribution in [0.15, 0.2) is 114 Å². The second kappa shape index (κ2) is 19.1. The first kappa shape index (κ1) is 44.4. The summed E-state index contributed by atoms with van der Waals surface area (Å²) in [6.07, 6.45) is 15.3. The van der Waals surface area contributed by atoms with Crippen molar-refractivity contribution in [3.8, 4) is 33.6 Å². The Morgan fingerprint density at radius 2 is 1.20 bits per heavy atom. The van der Waals surface area contributed by atoms with E-state index in [1.165, 1.54) is 49.3 Å². The molecule has 69 heavy (non-hydrogen) atoms. The summed E-state index contributed by atoms with van der Waals surface area (Å²) in [6.45, 7) is 0. The number of ether oxygens (including phenoxy) is 1. The van der Waals surface area contributed by atoms with Crippen LogP contribution in [-0.2, 0) is 30.5 Å². The van der Waals surface area contributed by atoms with E-state index in [4.69, 9.17) is 24.5 Å². The van der Waals surface area contributed by atoms with Gasteiger partial charge in [0, 0.05) is 12.1 Å². The summed E-state index contributed by atoms with van der Waals surface area (Å²) < 4.78 is 4.97. The summed E-state index contributed by atoms with van der Waals surface area (Å²) in [5.74, 6) is 2.10. The molecule has 4 aromatic carbocycles. The smallest absolute Gasteiger partial charge is 0.407 e. The van der Waals surface area contributed by atoms with E-state index in [1.54, 1.807) is 0 Å². The Morgan fingerprint density at radius 1 is 0.681 bits per heavy atom. The Labute approximate surface area is 401 Å². The fraction of sp³-hybridized carbons (Fsp3) is 0.382. The normalized spacial score (nSPS) is 23.4. The third-order valence-corrected chi connectivity index (χ3v) is 15.5. The molecule has 0 radical (unpaired) electrons. The second-order valence-electron chi connectivity index (χ2n) is 19.3. The number of hydrogen-bond donors (Lipinski definition) is 3. The van der Waals surface area contributed by atoms with Crippen LogP contribution in [0.25, 0.3) is 33.6 Å². The molecule has 4 heterocycles. The number of alkyl carbamates (subject to hydrolysis) is 1. The van der Waals surface area contributed by atoms with Crippen LogP contribution in [0, 0.1) is 11.8 Å². The van der Waals surface area contributed by atoms with Gasteiger partial charge in [-0.15, -0.1) is 0 Å². The summed E-state index contributed by atoms with van der Waals surface area (Å²) in [5.41, 5.74) is 10.3. The lowest BCUT2D eigenvalue weighted by atomic mass is 9.84. The van der Waals surface area contributed by atoms with Crippen molar-refractivity contribution in [2.24, 2.45) is 16.8 Å². The van der Waals surface area contributed by atoms with Crippen LogP contribution >= 0.6 is 0 Å². The fourth-order valence-corrected chi connectivity index (χ4v) is 12.3. The topological polar surface area (TPSA) is 167 Å². The summed E-state index contributed by atoms with van der Waals surface area (Å²) in [4.78, 5) is 77.6. The number of nitrogens with one attached hydrogen (secondary N) is 3. The molecule has 354 valence electrons. The molecule has 3 aliphatic carbocycles. The van der Waals surface area contributed by atoms with Crippen LogP contribution in [0.2, 0.25) is 0 Å². The van der Waals surface area contributed by atoms with Gasteiger partial charge in [-0.3, -0.25) is 9.59 Å². The molecule has 2 saturated carbocycles. The lowest BCUT2D eigenvalue weighted by Gasteiger charge is -2.36. The summed E-state index contributed by atoms with van der Waals surface area (Å²) >= 11 is 0. The lowest BCUT2D eigenvalue weighted by Crippen LogP contribution is -2.47. The van der Waals surface area contributed by atoms with Crippen molar-refractivity contribution in [3.63, 3.8) is 0 Å². The number of methoxy groups -OCH3 is 1. The molecule has 2 aliphatic heterocycles. The average Bonchev–Trinajstić information content (AvgIpc) is 4.25. The number of fused-ring (bicyclic) bond motifs is 5. The van der Waals surface area contributed by atoms with Crippen molar-refractivity contribution < 1.29 is 28.9 Å². The first-order chi connectivity index (χ1) is 33.9. The van der Waals surface area contributed by atoms with Gasteiger partial charge in [-0.2, -0.15) is 4.89 Å². The predicted molar refractivity (Wildman–Crippen MR) is 260 cm³/mol. The number of nitrogens with zero attached hydrogens (tertiary/aromatic N) is 5. The van der Waals surface area contributed by atoms with Gasteiger partial charge in [0.1, 0.15) is 17.7 Å². The van der Waals surface area contributed by atoms with E-state index >= 15 is 0 Å². The number of benzene rings is 4. The standard InChI is InChI=1S/C55H58N8O6/c1-67-55(66)61-50(34-15-7-4-8-16-34)54(65)63-46-20-12-10-18-38(46)29-48(63)52-57-31-44(60-52)36-22-24-42-40(26-36)27-39-25-35(21-23-41(39)42)43-30-56-51(59-43)47-28-37-17-9-11-19-45(37)62(47)53(64)49(58-32-69-68-2)33-13-5-3-6-14-33/h3-8,13-16,21-26,30-32,37-38,45-50H,9-12,17-20,27-29H2,1-2H3,(H,56,59)(H,57,60)(H,61,66)/t37-,38-,45-,46-,47+,48+,49+,50-/m1/s1. The zero-order valence-corrected chi connectivity index (χ0v) is 39.1. The number of carbonyl (C=O) groups is 3. The maximum atomic E-state index is 14.7. The van der Waals surface area contributed by atoms with Crippen molar-refractivity contribution in [1.29, 1.82) is 0 Å². The molecule has 14 heteroatoms. The molecule has 6 aromatic rings.